The highest BCUT2D eigenvalue weighted by Gasteiger charge is 2.46. The summed E-state index contributed by atoms with van der Waals surface area (Å²) >= 11 is 6.38. The van der Waals surface area contributed by atoms with Crippen LogP contribution in [-0.2, 0) is 9.59 Å². The molecule has 1 spiro atoms. The number of rotatable bonds is 6. The minimum absolute atomic E-state index is 0.0134. The number of nitriles is 1. The second-order valence-corrected chi connectivity index (χ2v) is 17.7. The Morgan fingerprint density at radius 3 is 2.15 bits per heavy atom. The molecule has 0 bridgehead atoms. The number of hydrogen-bond acceptors (Lipinski definition) is 10. The number of fused-ring (bicyclic) bond motifs is 1. The zero-order valence-corrected chi connectivity index (χ0v) is 34.4. The van der Waals surface area contributed by atoms with E-state index < -0.39 is 35.5 Å². The number of halogens is 2. The van der Waals surface area contributed by atoms with Crippen LogP contribution in [0.2, 0.25) is 5.02 Å². The maximum Gasteiger partial charge on any atom is 0.262 e. The van der Waals surface area contributed by atoms with Gasteiger partial charge in [0.2, 0.25) is 11.8 Å². The molecule has 1 unspecified atom stereocenters. The van der Waals surface area contributed by atoms with Crippen molar-refractivity contribution in [3.05, 3.63) is 87.7 Å². The first-order chi connectivity index (χ1) is 28.9. The topological polar surface area (TPSA) is 141 Å². The van der Waals surface area contributed by atoms with Gasteiger partial charge in [-0.2, -0.15) is 5.26 Å². The molecule has 6 aliphatic rings. The van der Waals surface area contributed by atoms with Gasteiger partial charge in [-0.25, -0.2) is 4.39 Å². The monoisotopic (exact) mass is 834 g/mol. The van der Waals surface area contributed by atoms with E-state index in [2.05, 4.69) is 45.1 Å². The summed E-state index contributed by atoms with van der Waals surface area (Å²) in [5.41, 5.74) is 3.88. The Morgan fingerprint density at radius 2 is 1.50 bits per heavy atom. The van der Waals surface area contributed by atoms with Crippen molar-refractivity contribution in [2.24, 2.45) is 5.41 Å². The molecule has 5 amide bonds. The van der Waals surface area contributed by atoms with Crippen molar-refractivity contribution < 1.29 is 28.4 Å². The van der Waals surface area contributed by atoms with Crippen LogP contribution in [0.4, 0.5) is 21.5 Å². The predicted molar refractivity (Wildman–Crippen MR) is 224 cm³/mol. The van der Waals surface area contributed by atoms with E-state index in [4.69, 9.17) is 11.6 Å². The predicted octanol–water partition coefficient (Wildman–Crippen LogP) is 5.06. The van der Waals surface area contributed by atoms with Gasteiger partial charge in [0.25, 0.3) is 17.7 Å². The Kier molecular flexibility index (Phi) is 10.5. The third kappa shape index (κ3) is 7.25. The van der Waals surface area contributed by atoms with E-state index >= 15 is 4.39 Å². The number of imide groups is 2. The van der Waals surface area contributed by atoms with Crippen molar-refractivity contribution >= 4 is 58.2 Å². The van der Waals surface area contributed by atoms with E-state index in [1.54, 1.807) is 0 Å². The molecule has 0 aliphatic carbocycles. The first-order valence-corrected chi connectivity index (χ1v) is 21.4. The molecule has 9 rings (SSSR count). The normalized spacial score (nSPS) is 23.7. The molecule has 1 N–H and O–H groups in total. The second-order valence-electron chi connectivity index (χ2n) is 17.3. The Hall–Kier alpha value is -5.52. The van der Waals surface area contributed by atoms with Crippen molar-refractivity contribution in [2.75, 3.05) is 73.6 Å². The maximum atomic E-state index is 15.5. The van der Waals surface area contributed by atoms with Crippen molar-refractivity contribution in [3.8, 4) is 6.07 Å². The fourth-order valence-electron chi connectivity index (χ4n) is 10.5. The molecule has 6 heterocycles. The van der Waals surface area contributed by atoms with Crippen molar-refractivity contribution in [3.63, 3.8) is 0 Å². The summed E-state index contributed by atoms with van der Waals surface area (Å²) in [5, 5.41) is 12.0. The lowest BCUT2D eigenvalue weighted by atomic mass is 9.76. The summed E-state index contributed by atoms with van der Waals surface area (Å²) in [5.74, 6) is -3.10. The Bertz CT molecular complexity index is 2290. The third-order valence-electron chi connectivity index (χ3n) is 13.9. The summed E-state index contributed by atoms with van der Waals surface area (Å²) in [6, 6.07) is 18.0. The van der Waals surface area contributed by atoms with Crippen LogP contribution in [0.3, 0.4) is 0 Å². The average Bonchev–Trinajstić information content (AvgIpc) is 3.70. The quantitative estimate of drug-likeness (QED) is 0.335. The largest absolute Gasteiger partial charge is 0.371 e. The summed E-state index contributed by atoms with van der Waals surface area (Å²) in [4.78, 5) is 76.1. The molecule has 5 fully saturated rings. The van der Waals surface area contributed by atoms with E-state index in [1.807, 2.05) is 40.1 Å². The summed E-state index contributed by atoms with van der Waals surface area (Å²) in [6.45, 7) is 9.03. The number of piperidine rings is 3. The van der Waals surface area contributed by atoms with Gasteiger partial charge in [0, 0.05) is 94.3 Å². The second kappa shape index (κ2) is 15.8. The zero-order chi connectivity index (χ0) is 41.9. The number of piperazine rings is 1. The summed E-state index contributed by atoms with van der Waals surface area (Å²) in [7, 11) is 0. The molecular formula is C45H48ClFN8O5. The van der Waals surface area contributed by atoms with E-state index in [-0.39, 0.29) is 47.0 Å². The number of nitrogens with one attached hydrogen (secondary N) is 1. The molecule has 0 saturated carbocycles. The molecule has 3 aromatic rings. The van der Waals surface area contributed by atoms with Gasteiger partial charge in [0.15, 0.2) is 0 Å². The number of carbonyl (C=O) groups excluding carboxylic acids is 5. The fourth-order valence-corrected chi connectivity index (χ4v) is 10.7. The molecule has 0 radical (unpaired) electrons. The standard InChI is InChI=1S/C45H48ClFN8O5/c1-28-25-45(27-54(28)33-7-4-30(26-48)36(46)22-33)12-16-50(17-13-45)31-5-2-29(3-6-31)42(58)53-20-18-51(19-21-53)32-10-14-52(15-11-32)39-24-35-34(23-37(39)47)43(59)55(44(35)60)38-8-9-40(56)49-41(38)57/h2-7,22-24,28,32,38H,8-21,25,27H2,1H3,(H,49,56,57)/t28-,38?/m0/s1. The van der Waals surface area contributed by atoms with Crippen LogP contribution in [0.1, 0.15) is 88.5 Å². The van der Waals surface area contributed by atoms with Gasteiger partial charge in [-0.05, 0) is 105 Å². The number of amides is 5. The molecule has 5 saturated heterocycles. The third-order valence-corrected chi connectivity index (χ3v) is 14.2. The highest BCUT2D eigenvalue weighted by atomic mass is 35.5. The molecule has 312 valence electrons. The number of carbonyl (C=O) groups is 5. The Labute approximate surface area is 353 Å². The first kappa shape index (κ1) is 39.9. The van der Waals surface area contributed by atoms with Gasteiger partial charge in [0.1, 0.15) is 17.9 Å². The van der Waals surface area contributed by atoms with Gasteiger partial charge in [0.05, 0.1) is 27.4 Å². The molecule has 2 atom stereocenters. The minimum Gasteiger partial charge on any atom is -0.371 e. The zero-order valence-electron chi connectivity index (χ0n) is 33.7. The number of anilines is 3. The Balaban J connectivity index is 0.745. The first-order valence-electron chi connectivity index (χ1n) is 21.1. The van der Waals surface area contributed by atoms with Crippen LogP contribution in [0.5, 0.6) is 0 Å². The Morgan fingerprint density at radius 1 is 0.833 bits per heavy atom. The van der Waals surface area contributed by atoms with Gasteiger partial charge in [-0.1, -0.05) is 11.6 Å². The molecule has 13 nitrogen and oxygen atoms in total. The van der Waals surface area contributed by atoms with Crippen molar-refractivity contribution in [1.82, 2.24) is 20.0 Å². The molecule has 15 heteroatoms. The smallest absolute Gasteiger partial charge is 0.262 e. The van der Waals surface area contributed by atoms with Gasteiger partial charge in [-0.3, -0.25) is 39.1 Å². The van der Waals surface area contributed by atoms with Gasteiger partial charge < -0.3 is 19.6 Å². The van der Waals surface area contributed by atoms with Crippen LogP contribution in [0, 0.1) is 22.6 Å². The molecule has 3 aromatic carbocycles. The lowest BCUT2D eigenvalue weighted by Crippen LogP contribution is -2.54. The van der Waals surface area contributed by atoms with Crippen LogP contribution in [0.15, 0.2) is 54.6 Å². The van der Waals surface area contributed by atoms with Crippen LogP contribution >= 0.6 is 11.6 Å². The number of benzene rings is 3. The highest BCUT2D eigenvalue weighted by Crippen LogP contribution is 2.46. The van der Waals surface area contributed by atoms with Gasteiger partial charge in [-0.15, -0.1) is 0 Å². The van der Waals surface area contributed by atoms with Crippen molar-refractivity contribution in [1.29, 1.82) is 5.26 Å². The van der Waals surface area contributed by atoms with Crippen molar-refractivity contribution in [2.45, 2.75) is 70.0 Å². The number of nitrogens with zero attached hydrogens (tertiary/aromatic N) is 7. The average molecular weight is 835 g/mol. The fraction of sp³-hybridized carbons (Fsp3) is 0.467. The minimum atomic E-state index is -1.11. The lowest BCUT2D eigenvalue weighted by Gasteiger charge is -2.43. The maximum absolute atomic E-state index is 15.5. The molecular weight excluding hydrogens is 787 g/mol. The van der Waals surface area contributed by atoms with Crippen LogP contribution < -0.4 is 20.0 Å². The van der Waals surface area contributed by atoms with Crippen LogP contribution in [-0.4, -0.2) is 121 Å². The SMILES string of the molecule is C[C@H]1CC2(CCN(c3ccc(C(=O)N4CCN(C5CCN(c6cc7c(cc6F)C(=O)N(C6CCC(=O)NC6=O)C7=O)CC5)CC4)cc3)CC2)CN1c1ccc(C#N)c(Cl)c1. The van der Waals surface area contributed by atoms with Crippen LogP contribution in [0.25, 0.3) is 0 Å². The van der Waals surface area contributed by atoms with E-state index in [1.165, 1.54) is 6.07 Å². The van der Waals surface area contributed by atoms with E-state index in [9.17, 15) is 29.2 Å². The lowest BCUT2D eigenvalue weighted by molar-refractivity contribution is -0.136. The molecule has 0 aromatic heterocycles. The number of hydrogen-bond donors (Lipinski definition) is 1. The van der Waals surface area contributed by atoms with E-state index in [0.717, 1.165) is 87.2 Å². The molecule has 6 aliphatic heterocycles. The van der Waals surface area contributed by atoms with E-state index in [0.29, 0.717) is 48.4 Å². The summed E-state index contributed by atoms with van der Waals surface area (Å²) in [6.07, 6.45) is 4.90. The molecule has 60 heavy (non-hydrogen) atoms. The van der Waals surface area contributed by atoms with Gasteiger partial charge >= 0.3 is 0 Å². The highest BCUT2D eigenvalue weighted by molar-refractivity contribution is 6.32. The summed E-state index contributed by atoms with van der Waals surface area (Å²) < 4.78 is 15.5.